The number of esters is 1. The molecule has 0 saturated heterocycles. The fourth-order valence-electron chi connectivity index (χ4n) is 1.55. The lowest BCUT2D eigenvalue weighted by Gasteiger charge is -2.37. The van der Waals surface area contributed by atoms with Gasteiger partial charge in [0.2, 0.25) is 0 Å². The van der Waals surface area contributed by atoms with Crippen LogP contribution in [0.5, 0.6) is 0 Å². The predicted molar refractivity (Wildman–Crippen MR) is 90.7 cm³/mol. The molecular weight excluding hydrogens is 312 g/mol. The summed E-state index contributed by atoms with van der Waals surface area (Å²) in [7, 11) is -0.745. The van der Waals surface area contributed by atoms with Crippen LogP contribution in [0.4, 0.5) is 0 Å². The predicted octanol–water partition coefficient (Wildman–Crippen LogP) is 2.37. The first-order valence-corrected chi connectivity index (χ1v) is 10.4. The van der Waals surface area contributed by atoms with Crippen LogP contribution in [0, 0.1) is 0 Å². The molecule has 128 valence electrons. The van der Waals surface area contributed by atoms with Crippen LogP contribution in [0.1, 0.15) is 31.3 Å². The van der Waals surface area contributed by atoms with E-state index in [4.69, 9.17) is 9.16 Å². The summed E-state index contributed by atoms with van der Waals surface area (Å²) in [6, 6.07) is 4.15. The van der Waals surface area contributed by atoms with Crippen molar-refractivity contribution in [2.75, 3.05) is 13.7 Å². The molecule has 23 heavy (non-hydrogen) atoms. The fraction of sp³-hybridized carbons (Fsp3) is 0.562. The largest absolute Gasteiger partial charge is 0.467 e. The summed E-state index contributed by atoms with van der Waals surface area (Å²) >= 11 is 0. The topological polar surface area (TPSA) is 77.5 Å². The number of nitrogens with one attached hydrogen (secondary N) is 1. The maximum atomic E-state index is 12.2. The zero-order valence-corrected chi connectivity index (χ0v) is 15.7. The highest BCUT2D eigenvalue weighted by Gasteiger charge is 2.38. The number of amides is 1. The standard InChI is InChI=1S/C16H26N2O4Si/c1-16(2,3)23(5,6)22-11-13(15(20)21-4)18-14(19)12-9-7-8-10-17-12/h7-10,13H,11H2,1-6H3,(H,18,19)/t13-/m0/s1. The van der Waals surface area contributed by atoms with E-state index in [2.05, 4.69) is 44.2 Å². The Labute approximate surface area is 138 Å². The second kappa shape index (κ2) is 7.70. The lowest BCUT2D eigenvalue weighted by molar-refractivity contribution is -0.143. The monoisotopic (exact) mass is 338 g/mol. The molecule has 0 bridgehead atoms. The summed E-state index contributed by atoms with van der Waals surface area (Å²) in [5.41, 5.74) is 0.244. The molecule has 0 spiro atoms. The van der Waals surface area contributed by atoms with Gasteiger partial charge in [-0.3, -0.25) is 9.78 Å². The Morgan fingerprint density at radius 2 is 1.96 bits per heavy atom. The molecule has 1 heterocycles. The van der Waals surface area contributed by atoms with Gasteiger partial charge in [0.05, 0.1) is 13.7 Å². The van der Waals surface area contributed by atoms with Crippen molar-refractivity contribution in [1.82, 2.24) is 10.3 Å². The minimum absolute atomic E-state index is 0.0126. The van der Waals surface area contributed by atoms with Crippen LogP contribution < -0.4 is 5.32 Å². The van der Waals surface area contributed by atoms with Crippen molar-refractivity contribution in [3.8, 4) is 0 Å². The van der Waals surface area contributed by atoms with Crippen molar-refractivity contribution in [3.63, 3.8) is 0 Å². The van der Waals surface area contributed by atoms with Crippen LogP contribution in [-0.4, -0.2) is 44.9 Å². The second-order valence-electron chi connectivity index (χ2n) is 6.84. The van der Waals surface area contributed by atoms with Gasteiger partial charge in [0.25, 0.3) is 5.91 Å². The molecule has 1 rings (SSSR count). The normalized spacial score (nSPS) is 13.3. The smallest absolute Gasteiger partial charge is 0.330 e. The maximum absolute atomic E-state index is 12.2. The van der Waals surface area contributed by atoms with E-state index in [9.17, 15) is 9.59 Å². The second-order valence-corrected chi connectivity index (χ2v) is 11.6. The van der Waals surface area contributed by atoms with Crippen molar-refractivity contribution < 1.29 is 18.8 Å². The molecule has 6 nitrogen and oxygen atoms in total. The number of aromatic nitrogens is 1. The van der Waals surface area contributed by atoms with Crippen molar-refractivity contribution in [3.05, 3.63) is 30.1 Å². The Balaban J connectivity index is 2.78. The molecule has 1 aromatic heterocycles. The highest BCUT2D eigenvalue weighted by atomic mass is 28.4. The number of rotatable bonds is 6. The number of hydrogen-bond acceptors (Lipinski definition) is 5. The third-order valence-corrected chi connectivity index (χ3v) is 8.61. The number of carbonyl (C=O) groups excluding carboxylic acids is 2. The molecule has 0 aliphatic heterocycles. The van der Waals surface area contributed by atoms with Crippen LogP contribution in [0.2, 0.25) is 18.1 Å². The van der Waals surface area contributed by atoms with Gasteiger partial charge in [0.15, 0.2) is 8.32 Å². The maximum Gasteiger partial charge on any atom is 0.330 e. The molecule has 1 aromatic rings. The van der Waals surface area contributed by atoms with E-state index < -0.39 is 26.2 Å². The quantitative estimate of drug-likeness (QED) is 0.636. The van der Waals surface area contributed by atoms with E-state index in [-0.39, 0.29) is 17.3 Å². The number of pyridine rings is 1. The molecule has 0 radical (unpaired) electrons. The van der Waals surface area contributed by atoms with E-state index >= 15 is 0 Å². The van der Waals surface area contributed by atoms with Gasteiger partial charge in [-0.25, -0.2) is 4.79 Å². The molecule has 0 aromatic carbocycles. The average Bonchev–Trinajstić information content (AvgIpc) is 2.50. The van der Waals surface area contributed by atoms with Gasteiger partial charge in [-0.1, -0.05) is 26.8 Å². The zero-order valence-electron chi connectivity index (χ0n) is 14.7. The molecule has 1 amide bonds. The van der Waals surface area contributed by atoms with Crippen molar-refractivity contribution in [2.24, 2.45) is 0 Å². The molecular formula is C16H26N2O4Si. The number of carbonyl (C=O) groups is 2. The van der Waals surface area contributed by atoms with Gasteiger partial charge in [-0.05, 0) is 30.3 Å². The Bertz CT molecular complexity index is 541. The fourth-order valence-corrected chi connectivity index (χ4v) is 2.56. The molecule has 0 unspecified atom stereocenters. The zero-order chi connectivity index (χ0) is 17.7. The van der Waals surface area contributed by atoms with Crippen LogP contribution in [0.15, 0.2) is 24.4 Å². The molecule has 0 aliphatic rings. The summed E-state index contributed by atoms with van der Waals surface area (Å²) in [6.07, 6.45) is 1.52. The first-order valence-electron chi connectivity index (χ1n) is 7.52. The van der Waals surface area contributed by atoms with Gasteiger partial charge < -0.3 is 14.5 Å². The average molecular weight is 338 g/mol. The van der Waals surface area contributed by atoms with E-state index in [0.717, 1.165) is 0 Å². The molecule has 0 aliphatic carbocycles. The van der Waals surface area contributed by atoms with Crippen LogP contribution in [0.25, 0.3) is 0 Å². The van der Waals surface area contributed by atoms with Gasteiger partial charge in [0.1, 0.15) is 11.7 Å². The lowest BCUT2D eigenvalue weighted by atomic mass is 10.2. The third kappa shape index (κ3) is 5.44. The molecule has 7 heteroatoms. The minimum atomic E-state index is -2.03. The summed E-state index contributed by atoms with van der Waals surface area (Å²) in [5, 5.41) is 2.64. The van der Waals surface area contributed by atoms with E-state index in [1.807, 2.05) is 0 Å². The van der Waals surface area contributed by atoms with Gasteiger partial charge in [-0.15, -0.1) is 0 Å². The van der Waals surface area contributed by atoms with Gasteiger partial charge >= 0.3 is 5.97 Å². The number of methoxy groups -OCH3 is 1. The highest BCUT2D eigenvalue weighted by Crippen LogP contribution is 2.36. The molecule has 0 fully saturated rings. The van der Waals surface area contributed by atoms with Crippen LogP contribution in [-0.2, 0) is 14.0 Å². The molecule has 0 saturated carbocycles. The van der Waals surface area contributed by atoms with E-state index in [0.29, 0.717) is 0 Å². The molecule has 1 atom stereocenters. The van der Waals surface area contributed by atoms with Crippen molar-refractivity contribution >= 4 is 20.2 Å². The third-order valence-electron chi connectivity index (χ3n) is 4.11. The summed E-state index contributed by atoms with van der Waals surface area (Å²) in [4.78, 5) is 28.1. The van der Waals surface area contributed by atoms with Gasteiger partial charge in [-0.2, -0.15) is 0 Å². The Morgan fingerprint density at radius 3 is 2.43 bits per heavy atom. The van der Waals surface area contributed by atoms with Crippen molar-refractivity contribution in [1.29, 1.82) is 0 Å². The van der Waals surface area contributed by atoms with Crippen molar-refractivity contribution in [2.45, 2.75) is 44.9 Å². The number of nitrogens with zero attached hydrogens (tertiary/aromatic N) is 1. The Hall–Kier alpha value is -1.73. The van der Waals surface area contributed by atoms with E-state index in [1.54, 1.807) is 18.2 Å². The van der Waals surface area contributed by atoms with E-state index in [1.165, 1.54) is 13.3 Å². The summed E-state index contributed by atoms with van der Waals surface area (Å²) < 4.78 is 10.8. The summed E-state index contributed by atoms with van der Waals surface area (Å²) in [6.45, 7) is 10.6. The first kappa shape index (κ1) is 19.3. The Morgan fingerprint density at radius 1 is 1.30 bits per heavy atom. The lowest BCUT2D eigenvalue weighted by Crippen LogP contribution is -2.49. The summed E-state index contributed by atoms with van der Waals surface area (Å²) in [5.74, 6) is -0.965. The Kier molecular flexibility index (Phi) is 6.46. The SMILES string of the molecule is COC(=O)[C@H](CO[Si](C)(C)C(C)(C)C)NC(=O)c1ccccn1. The first-order chi connectivity index (χ1) is 10.6. The van der Waals surface area contributed by atoms with Gasteiger partial charge in [0, 0.05) is 6.20 Å². The minimum Gasteiger partial charge on any atom is -0.467 e. The highest BCUT2D eigenvalue weighted by molar-refractivity contribution is 6.74. The molecule has 1 N–H and O–H groups in total. The number of ether oxygens (including phenoxy) is 1. The van der Waals surface area contributed by atoms with Crippen LogP contribution in [0.3, 0.4) is 0 Å². The number of hydrogen-bond donors (Lipinski definition) is 1. The van der Waals surface area contributed by atoms with Crippen LogP contribution >= 0.6 is 0 Å².